The van der Waals surface area contributed by atoms with Crippen LogP contribution in [0.1, 0.15) is 0 Å². The van der Waals surface area contributed by atoms with E-state index in [-0.39, 0.29) is 11.4 Å². The summed E-state index contributed by atoms with van der Waals surface area (Å²) in [5.41, 5.74) is -0.0559. The zero-order chi connectivity index (χ0) is 10.3. The number of nitro benzene ring substituents is 1. The molecule has 0 aliphatic rings. The number of non-ortho nitro benzene ring substituents is 1. The van der Waals surface area contributed by atoms with Gasteiger partial charge >= 0.3 is 0 Å². The average molecular weight is 190 g/mol. The normalized spacial score (nSPS) is 8.00. The molecule has 0 saturated heterocycles. The molecule has 0 atom stereocenters. The van der Waals surface area contributed by atoms with Gasteiger partial charge in [-0.3, -0.25) is 10.1 Å². The highest BCUT2D eigenvalue weighted by molar-refractivity contribution is 5.34. The summed E-state index contributed by atoms with van der Waals surface area (Å²) >= 11 is 0. The fourth-order valence-corrected chi connectivity index (χ4v) is 0.568. The van der Waals surface area contributed by atoms with Crippen LogP contribution in [0.25, 0.3) is 0 Å². The third kappa shape index (κ3) is 4.30. The SMILES string of the molecule is O=N[O-].O=[N+]([O-])[13c]1[13cH][13cH][13c]([O-])[13cH][13cH]1. The van der Waals surface area contributed by atoms with E-state index in [2.05, 4.69) is 0 Å². The van der Waals surface area contributed by atoms with Crippen LogP contribution in [0.5, 0.6) is 5.75 Å². The monoisotopic (exact) mass is 190 g/mol. The van der Waals surface area contributed by atoms with Crippen LogP contribution in [-0.4, -0.2) is 4.92 Å². The second-order valence-corrected chi connectivity index (χ2v) is 1.83. The topological polar surface area (TPSA) is 119 Å². The summed E-state index contributed by atoms with van der Waals surface area (Å²) in [6.07, 6.45) is 0. The predicted octanol–water partition coefficient (Wildman–Crippen LogP) is 0.919. The van der Waals surface area contributed by atoms with Gasteiger partial charge in [-0.05, 0) is 0 Å². The molecule has 0 aliphatic carbocycles. The van der Waals surface area contributed by atoms with Crippen molar-refractivity contribution in [1.82, 2.24) is 0 Å². The number of nitro groups is 1. The summed E-state index contributed by atoms with van der Waals surface area (Å²) in [4.78, 5) is 17.5. The van der Waals surface area contributed by atoms with Crippen molar-refractivity contribution in [1.29, 1.82) is 0 Å². The van der Waals surface area contributed by atoms with Gasteiger partial charge in [0.25, 0.3) is 5.69 Å². The molecule has 1 aromatic carbocycles. The van der Waals surface area contributed by atoms with Crippen LogP contribution in [0.3, 0.4) is 0 Å². The first-order chi connectivity index (χ1) is 6.11. The van der Waals surface area contributed by atoms with E-state index in [4.69, 9.17) is 10.1 Å². The Hall–Kier alpha value is -2.18. The largest absolute Gasteiger partial charge is 0.872 e. The summed E-state index contributed by atoms with van der Waals surface area (Å²) in [5.74, 6) is -0.217. The maximum Gasteiger partial charge on any atom is 0.269 e. The van der Waals surface area contributed by atoms with Crippen molar-refractivity contribution in [2.75, 3.05) is 0 Å². The van der Waals surface area contributed by atoms with Crippen LogP contribution in [0.2, 0.25) is 0 Å². The Kier molecular flexibility index (Phi) is 4.55. The Morgan fingerprint density at radius 3 is 1.92 bits per heavy atom. The minimum Gasteiger partial charge on any atom is -0.872 e. The smallest absolute Gasteiger partial charge is 0.269 e. The van der Waals surface area contributed by atoms with E-state index >= 15 is 0 Å². The molecule has 0 saturated carbocycles. The molecule has 0 heterocycles. The molecule has 0 bridgehead atoms. The quantitative estimate of drug-likeness (QED) is 0.370. The van der Waals surface area contributed by atoms with Crippen LogP contribution < -0.4 is 5.11 Å². The lowest BCUT2D eigenvalue weighted by Gasteiger charge is -2.00. The highest BCUT2D eigenvalue weighted by Gasteiger charge is 1.99. The minimum absolute atomic E-state index is 0.0559. The van der Waals surface area contributed by atoms with E-state index in [0.717, 1.165) is 17.5 Å². The van der Waals surface area contributed by atoms with Gasteiger partial charge in [-0.25, -0.2) is 0 Å². The van der Waals surface area contributed by atoms with Gasteiger partial charge in [-0.1, -0.05) is 12.1 Å². The van der Waals surface area contributed by atoms with E-state index in [1.54, 1.807) is 0 Å². The molecule has 0 aliphatic heterocycles. The molecule has 0 fully saturated rings. The van der Waals surface area contributed by atoms with Crippen molar-refractivity contribution in [3.8, 4) is 5.75 Å². The lowest BCUT2D eigenvalue weighted by Crippen LogP contribution is -1.90. The molecular weight excluding hydrogens is 186 g/mol. The van der Waals surface area contributed by atoms with Crippen molar-refractivity contribution in [2.24, 2.45) is 5.34 Å². The summed E-state index contributed by atoms with van der Waals surface area (Å²) in [6, 6.07) is 4.70. The summed E-state index contributed by atoms with van der Waals surface area (Å²) in [7, 11) is 0. The Balaban J connectivity index is 0.000000424. The molecule has 7 nitrogen and oxygen atoms in total. The van der Waals surface area contributed by atoms with Gasteiger partial charge in [-0.2, -0.15) is 0 Å². The molecule has 7 heteroatoms. The van der Waals surface area contributed by atoms with Crippen LogP contribution in [-0.2, 0) is 0 Å². The molecule has 0 amide bonds. The zero-order valence-corrected chi connectivity index (χ0v) is 6.25. The number of nitrogens with zero attached hydrogens (tertiary/aromatic N) is 2. The summed E-state index contributed by atoms with van der Waals surface area (Å²) in [5, 5.41) is 29.4. The molecule has 1 aromatic rings. The molecule has 13 heavy (non-hydrogen) atoms. The third-order valence-electron chi connectivity index (χ3n) is 1.05. The first-order valence-electron chi connectivity index (χ1n) is 2.98. The van der Waals surface area contributed by atoms with Gasteiger partial charge in [0.15, 0.2) is 0 Å². The summed E-state index contributed by atoms with van der Waals surface area (Å²) in [6.45, 7) is 0. The first kappa shape index (κ1) is 10.8. The van der Waals surface area contributed by atoms with E-state index in [1.807, 2.05) is 0 Å². The van der Waals surface area contributed by atoms with Crippen molar-refractivity contribution in [3.05, 3.63) is 44.5 Å². The maximum absolute atomic E-state index is 10.4. The minimum atomic E-state index is -0.542. The maximum atomic E-state index is 10.4. The molecular formula is C6H4N2O5-2. The van der Waals surface area contributed by atoms with E-state index in [1.165, 1.54) is 12.1 Å². The zero-order valence-electron chi connectivity index (χ0n) is 6.25. The lowest BCUT2D eigenvalue weighted by molar-refractivity contribution is -0.385. The molecule has 0 aromatic heterocycles. The molecule has 0 unspecified atom stereocenters. The number of benzene rings is 1. The third-order valence-corrected chi connectivity index (χ3v) is 1.05. The Labute approximate surface area is 72.3 Å². The molecule has 0 spiro atoms. The fourth-order valence-electron chi connectivity index (χ4n) is 0.568. The number of hydrogen-bond acceptors (Lipinski definition) is 6. The first-order valence-corrected chi connectivity index (χ1v) is 2.98. The molecule has 70 valence electrons. The summed E-state index contributed by atoms with van der Waals surface area (Å²) < 4.78 is 0. The van der Waals surface area contributed by atoms with Crippen molar-refractivity contribution in [3.63, 3.8) is 0 Å². The second-order valence-electron chi connectivity index (χ2n) is 1.83. The van der Waals surface area contributed by atoms with Crippen LogP contribution >= 0.6 is 0 Å². The lowest BCUT2D eigenvalue weighted by atomic mass is 11.3. The highest BCUT2D eigenvalue weighted by atomic mass is 16.6. The van der Waals surface area contributed by atoms with Gasteiger partial charge in [0.2, 0.25) is 0 Å². The Morgan fingerprint density at radius 2 is 1.62 bits per heavy atom. The Bertz CT molecular complexity index is 284. The standard InChI is InChI=1S/C6H5NO3.HNO2/c8-6-3-1-5(2-4-6)7(9)10;2-1-3/h1-4,8H;(H,2,3)/p-2/i1+1,2+1,3+1,4+1,5+1,6+1;. The van der Waals surface area contributed by atoms with Gasteiger partial charge in [0.1, 0.15) is 0 Å². The van der Waals surface area contributed by atoms with Crippen LogP contribution in [0.4, 0.5) is 5.69 Å². The highest BCUT2D eigenvalue weighted by Crippen LogP contribution is 2.12. The Morgan fingerprint density at radius 1 is 1.23 bits per heavy atom. The predicted molar refractivity (Wildman–Crippen MR) is 41.7 cm³/mol. The number of hydrogen-bond donors (Lipinski definition) is 0. The van der Waals surface area contributed by atoms with Crippen molar-refractivity contribution < 1.29 is 10.0 Å². The second kappa shape index (κ2) is 5.47. The van der Waals surface area contributed by atoms with Gasteiger partial charge in [-0.15, -0.1) is 11.1 Å². The van der Waals surface area contributed by atoms with Gasteiger partial charge in [0, 0.05) is 12.1 Å². The van der Waals surface area contributed by atoms with Crippen LogP contribution in [0, 0.1) is 20.2 Å². The van der Waals surface area contributed by atoms with E-state index < -0.39 is 4.92 Å². The van der Waals surface area contributed by atoms with Crippen molar-refractivity contribution >= 4 is 5.69 Å². The number of rotatable bonds is 1. The van der Waals surface area contributed by atoms with E-state index in [0.29, 0.717) is 0 Å². The van der Waals surface area contributed by atoms with Crippen molar-refractivity contribution in [2.45, 2.75) is 0 Å². The fraction of sp³-hybridized carbons (Fsp3) is 0. The van der Waals surface area contributed by atoms with Crippen LogP contribution in [0.15, 0.2) is 29.6 Å². The molecule has 0 N–H and O–H groups in total. The van der Waals surface area contributed by atoms with E-state index in [9.17, 15) is 15.2 Å². The molecule has 0 radical (unpaired) electrons. The average Bonchev–Trinajstić information content (AvgIpc) is 2.06. The van der Waals surface area contributed by atoms with Gasteiger partial charge < -0.3 is 15.2 Å². The van der Waals surface area contributed by atoms with Gasteiger partial charge in [0.05, 0.1) is 4.92 Å². The molecule has 1 rings (SSSR count).